The lowest BCUT2D eigenvalue weighted by atomic mass is 10.4. The van der Waals surface area contributed by atoms with Crippen molar-refractivity contribution in [2.24, 2.45) is 0 Å². The van der Waals surface area contributed by atoms with Gasteiger partial charge in [-0.2, -0.15) is 4.98 Å². The Bertz CT molecular complexity index is 421. The van der Waals surface area contributed by atoms with Crippen LogP contribution in [0.1, 0.15) is 12.8 Å². The van der Waals surface area contributed by atoms with Crippen LogP contribution in [0.15, 0.2) is 6.20 Å². The first-order chi connectivity index (χ1) is 8.16. The SMILES string of the molecule is O=C(CNc1nc(Cl)ncc1Cl)N1CCCC1. The lowest BCUT2D eigenvalue weighted by Crippen LogP contribution is -2.33. The minimum absolute atomic E-state index is 0.0494. The third-order valence-electron chi connectivity index (χ3n) is 2.58. The molecule has 1 N–H and O–H groups in total. The molecule has 0 radical (unpaired) electrons. The van der Waals surface area contributed by atoms with Crippen molar-refractivity contribution in [1.82, 2.24) is 14.9 Å². The summed E-state index contributed by atoms with van der Waals surface area (Å²) in [6, 6.07) is 0. The molecule has 7 heteroatoms. The molecular formula is C10H12Cl2N4O. The molecule has 0 saturated carbocycles. The Labute approximate surface area is 109 Å². The van der Waals surface area contributed by atoms with E-state index in [9.17, 15) is 4.79 Å². The summed E-state index contributed by atoms with van der Waals surface area (Å²) in [6.45, 7) is 1.84. The average Bonchev–Trinajstić information content (AvgIpc) is 2.83. The Hall–Kier alpha value is -1.07. The van der Waals surface area contributed by atoms with Gasteiger partial charge in [0.05, 0.1) is 12.7 Å². The Morgan fingerprint density at radius 2 is 2.12 bits per heavy atom. The molecule has 92 valence electrons. The van der Waals surface area contributed by atoms with Gasteiger partial charge in [-0.05, 0) is 24.4 Å². The summed E-state index contributed by atoms with van der Waals surface area (Å²) in [5, 5.41) is 3.32. The summed E-state index contributed by atoms with van der Waals surface area (Å²) in [6.07, 6.45) is 3.55. The quantitative estimate of drug-likeness (QED) is 0.855. The lowest BCUT2D eigenvalue weighted by Gasteiger charge is -2.15. The molecule has 1 aliphatic heterocycles. The van der Waals surface area contributed by atoms with Crippen LogP contribution in [-0.4, -0.2) is 40.4 Å². The average molecular weight is 275 g/mol. The van der Waals surface area contributed by atoms with Crippen LogP contribution in [0.25, 0.3) is 0 Å². The predicted molar refractivity (Wildman–Crippen MR) is 66.4 cm³/mol. The molecule has 1 aromatic rings. The van der Waals surface area contributed by atoms with Gasteiger partial charge in [0.1, 0.15) is 10.8 Å². The third-order valence-corrected chi connectivity index (χ3v) is 3.04. The van der Waals surface area contributed by atoms with Crippen LogP contribution < -0.4 is 5.32 Å². The van der Waals surface area contributed by atoms with Crippen molar-refractivity contribution in [2.75, 3.05) is 25.0 Å². The summed E-state index contributed by atoms with van der Waals surface area (Å²) in [5.41, 5.74) is 0. The number of nitrogens with zero attached hydrogens (tertiary/aromatic N) is 3. The van der Waals surface area contributed by atoms with E-state index in [4.69, 9.17) is 23.2 Å². The Morgan fingerprint density at radius 3 is 2.82 bits per heavy atom. The van der Waals surface area contributed by atoms with E-state index >= 15 is 0 Å². The highest BCUT2D eigenvalue weighted by Crippen LogP contribution is 2.19. The van der Waals surface area contributed by atoms with E-state index in [1.54, 1.807) is 0 Å². The van der Waals surface area contributed by atoms with E-state index in [1.165, 1.54) is 6.20 Å². The van der Waals surface area contributed by atoms with Gasteiger partial charge in [-0.15, -0.1) is 0 Å². The number of rotatable bonds is 3. The van der Waals surface area contributed by atoms with Crippen molar-refractivity contribution >= 4 is 34.9 Å². The molecule has 2 heterocycles. The molecule has 0 aromatic carbocycles. The maximum atomic E-state index is 11.8. The molecule has 1 amide bonds. The fourth-order valence-corrected chi connectivity index (χ4v) is 2.00. The second kappa shape index (κ2) is 5.51. The molecule has 0 unspecified atom stereocenters. The highest BCUT2D eigenvalue weighted by atomic mass is 35.5. The van der Waals surface area contributed by atoms with Crippen molar-refractivity contribution in [2.45, 2.75) is 12.8 Å². The summed E-state index contributed by atoms with van der Waals surface area (Å²) in [7, 11) is 0. The van der Waals surface area contributed by atoms with Gasteiger partial charge in [0, 0.05) is 13.1 Å². The van der Waals surface area contributed by atoms with E-state index in [0.717, 1.165) is 25.9 Å². The second-order valence-electron chi connectivity index (χ2n) is 3.78. The number of carbonyl (C=O) groups is 1. The molecule has 2 rings (SSSR count). The molecule has 0 atom stereocenters. The minimum Gasteiger partial charge on any atom is -0.360 e. The van der Waals surface area contributed by atoms with Crippen LogP contribution in [0.2, 0.25) is 10.3 Å². The van der Waals surface area contributed by atoms with Crippen molar-refractivity contribution in [1.29, 1.82) is 0 Å². The highest BCUT2D eigenvalue weighted by Gasteiger charge is 2.17. The number of amides is 1. The number of nitrogens with one attached hydrogen (secondary N) is 1. The van der Waals surface area contributed by atoms with Crippen molar-refractivity contribution in [3.8, 4) is 0 Å². The van der Waals surface area contributed by atoms with Crippen LogP contribution in [0, 0.1) is 0 Å². The summed E-state index contributed by atoms with van der Waals surface area (Å²) in [4.78, 5) is 21.2. The molecule has 5 nitrogen and oxygen atoms in total. The fourth-order valence-electron chi connectivity index (χ4n) is 1.71. The maximum absolute atomic E-state index is 11.8. The van der Waals surface area contributed by atoms with Gasteiger partial charge in [0.25, 0.3) is 0 Å². The van der Waals surface area contributed by atoms with Gasteiger partial charge in [-0.25, -0.2) is 4.98 Å². The van der Waals surface area contributed by atoms with Crippen LogP contribution in [-0.2, 0) is 4.79 Å². The number of hydrogen-bond donors (Lipinski definition) is 1. The molecule has 0 aliphatic carbocycles. The third kappa shape index (κ3) is 3.20. The largest absolute Gasteiger partial charge is 0.360 e. The summed E-state index contributed by atoms with van der Waals surface area (Å²) >= 11 is 11.5. The molecular weight excluding hydrogens is 263 g/mol. The van der Waals surface area contributed by atoms with Crippen LogP contribution >= 0.6 is 23.2 Å². The van der Waals surface area contributed by atoms with Crippen LogP contribution in [0.3, 0.4) is 0 Å². The first-order valence-corrected chi connectivity index (χ1v) is 6.12. The van der Waals surface area contributed by atoms with Gasteiger partial charge >= 0.3 is 0 Å². The topological polar surface area (TPSA) is 58.1 Å². The first kappa shape index (κ1) is 12.4. The van der Waals surface area contributed by atoms with E-state index < -0.39 is 0 Å². The lowest BCUT2D eigenvalue weighted by molar-refractivity contribution is -0.128. The van der Waals surface area contributed by atoms with Gasteiger partial charge in [-0.3, -0.25) is 4.79 Å². The van der Waals surface area contributed by atoms with E-state index in [2.05, 4.69) is 15.3 Å². The van der Waals surface area contributed by atoms with Gasteiger partial charge < -0.3 is 10.2 Å². The summed E-state index contributed by atoms with van der Waals surface area (Å²) in [5.74, 6) is 0.438. The van der Waals surface area contributed by atoms with Crippen LogP contribution in [0.4, 0.5) is 5.82 Å². The zero-order valence-electron chi connectivity index (χ0n) is 9.12. The van der Waals surface area contributed by atoms with Crippen molar-refractivity contribution < 1.29 is 4.79 Å². The number of hydrogen-bond acceptors (Lipinski definition) is 4. The number of anilines is 1. The Morgan fingerprint density at radius 1 is 1.41 bits per heavy atom. The summed E-state index contributed by atoms with van der Waals surface area (Å²) < 4.78 is 0. The zero-order chi connectivity index (χ0) is 12.3. The standard InChI is InChI=1S/C10H12Cl2N4O/c11-7-5-14-10(12)15-9(7)13-6-8(17)16-3-1-2-4-16/h5H,1-4,6H2,(H,13,14,15). The first-order valence-electron chi connectivity index (χ1n) is 5.36. The number of likely N-dealkylation sites (tertiary alicyclic amines) is 1. The monoisotopic (exact) mass is 274 g/mol. The smallest absolute Gasteiger partial charge is 0.241 e. The van der Waals surface area contributed by atoms with E-state index in [0.29, 0.717) is 10.8 Å². The Kier molecular flexibility index (Phi) is 4.02. The van der Waals surface area contributed by atoms with Gasteiger partial charge in [0.15, 0.2) is 0 Å². The molecule has 1 aliphatic rings. The van der Waals surface area contributed by atoms with E-state index in [1.807, 2.05) is 4.90 Å². The normalized spacial score (nSPS) is 15.1. The number of aromatic nitrogens is 2. The number of carbonyl (C=O) groups excluding carboxylic acids is 1. The van der Waals surface area contributed by atoms with Gasteiger partial charge in [-0.1, -0.05) is 11.6 Å². The molecule has 0 spiro atoms. The maximum Gasteiger partial charge on any atom is 0.241 e. The fraction of sp³-hybridized carbons (Fsp3) is 0.500. The van der Waals surface area contributed by atoms with E-state index in [-0.39, 0.29) is 17.7 Å². The number of halogens is 2. The predicted octanol–water partition coefficient (Wildman–Crippen LogP) is 1.82. The highest BCUT2D eigenvalue weighted by molar-refractivity contribution is 6.33. The van der Waals surface area contributed by atoms with Crippen LogP contribution in [0.5, 0.6) is 0 Å². The van der Waals surface area contributed by atoms with Gasteiger partial charge in [0.2, 0.25) is 11.2 Å². The molecule has 0 bridgehead atoms. The molecule has 1 fully saturated rings. The zero-order valence-corrected chi connectivity index (χ0v) is 10.6. The van der Waals surface area contributed by atoms with Crippen molar-refractivity contribution in [3.05, 3.63) is 16.5 Å². The minimum atomic E-state index is 0.0494. The molecule has 1 saturated heterocycles. The second-order valence-corrected chi connectivity index (χ2v) is 4.52. The Balaban J connectivity index is 1.92. The molecule has 17 heavy (non-hydrogen) atoms. The molecule has 1 aromatic heterocycles. The van der Waals surface area contributed by atoms with Crippen molar-refractivity contribution in [3.63, 3.8) is 0 Å².